The summed E-state index contributed by atoms with van der Waals surface area (Å²) in [5, 5.41) is 14.9. The third-order valence-electron chi connectivity index (χ3n) is 3.37. The van der Waals surface area contributed by atoms with Gasteiger partial charge < -0.3 is 5.32 Å². The van der Waals surface area contributed by atoms with Crippen molar-refractivity contribution in [3.05, 3.63) is 60.4 Å². The van der Waals surface area contributed by atoms with Gasteiger partial charge in [-0.2, -0.15) is 0 Å². The van der Waals surface area contributed by atoms with Gasteiger partial charge in [-0.3, -0.25) is 19.3 Å². The maximum absolute atomic E-state index is 12.3. The molecule has 0 spiro atoms. The lowest BCUT2D eigenvalue weighted by molar-refractivity contribution is -0.385. The largest absolute Gasteiger partial charge is 0.376 e. The quantitative estimate of drug-likeness (QED) is 0.581. The number of nitrogens with one attached hydrogen (secondary N) is 1. The van der Waals surface area contributed by atoms with Crippen LogP contribution < -0.4 is 10.9 Å². The summed E-state index contributed by atoms with van der Waals surface area (Å²) in [5.41, 5.74) is -0.0155. The van der Waals surface area contributed by atoms with Crippen LogP contribution in [-0.2, 0) is 6.54 Å². The van der Waals surface area contributed by atoms with Crippen LogP contribution in [0.5, 0.6) is 0 Å². The lowest BCUT2D eigenvalue weighted by Crippen LogP contribution is -2.21. The van der Waals surface area contributed by atoms with Crippen molar-refractivity contribution in [1.82, 2.24) is 14.4 Å². The second-order valence-corrected chi connectivity index (χ2v) is 6.19. The number of anilines is 1. The van der Waals surface area contributed by atoms with Gasteiger partial charge in [0, 0.05) is 11.1 Å². The number of rotatable bonds is 4. The summed E-state index contributed by atoms with van der Waals surface area (Å²) in [7, 11) is 0. The molecule has 0 aliphatic rings. The van der Waals surface area contributed by atoms with Gasteiger partial charge >= 0.3 is 11.2 Å². The maximum Gasteiger partial charge on any atom is 0.376 e. The number of hydrogen-bond acceptors (Lipinski definition) is 7. The standard InChI is InChI=1S/C14H13N5O3S/c1-8-9(2)23-11(16-8)7-15-13-12(19(21)22)14(20)18-6-4-3-5-10(18)17-13/h3-6,15H,7H2,1-2H3. The smallest absolute Gasteiger partial charge is 0.358 e. The van der Waals surface area contributed by atoms with Crippen molar-refractivity contribution >= 4 is 28.5 Å². The molecule has 0 saturated carbocycles. The Morgan fingerprint density at radius 3 is 2.78 bits per heavy atom. The Hall–Kier alpha value is -2.81. The fraction of sp³-hybridized carbons (Fsp3) is 0.214. The predicted octanol–water partition coefficient (Wildman–Crippen LogP) is 2.29. The number of aryl methyl sites for hydroxylation is 2. The second-order valence-electron chi connectivity index (χ2n) is 4.90. The molecule has 0 unspecified atom stereocenters. The van der Waals surface area contributed by atoms with Gasteiger partial charge in [-0.15, -0.1) is 11.3 Å². The molecule has 0 fully saturated rings. The molecule has 9 heteroatoms. The van der Waals surface area contributed by atoms with E-state index in [4.69, 9.17) is 0 Å². The van der Waals surface area contributed by atoms with Crippen molar-refractivity contribution in [1.29, 1.82) is 0 Å². The highest BCUT2D eigenvalue weighted by molar-refractivity contribution is 7.11. The van der Waals surface area contributed by atoms with E-state index in [1.165, 1.54) is 17.5 Å². The fourth-order valence-corrected chi connectivity index (χ4v) is 3.02. The van der Waals surface area contributed by atoms with Gasteiger partial charge in [-0.05, 0) is 26.0 Å². The Morgan fingerprint density at radius 1 is 1.35 bits per heavy atom. The molecule has 0 aromatic carbocycles. The topological polar surface area (TPSA) is 102 Å². The number of nitro groups is 1. The minimum atomic E-state index is -0.713. The van der Waals surface area contributed by atoms with E-state index in [1.54, 1.807) is 18.2 Å². The first-order valence-electron chi connectivity index (χ1n) is 6.80. The third kappa shape index (κ3) is 2.78. The van der Waals surface area contributed by atoms with E-state index < -0.39 is 16.2 Å². The minimum Gasteiger partial charge on any atom is -0.358 e. The monoisotopic (exact) mass is 331 g/mol. The first-order valence-corrected chi connectivity index (χ1v) is 7.61. The predicted molar refractivity (Wildman–Crippen MR) is 87.0 cm³/mol. The molecular weight excluding hydrogens is 318 g/mol. The molecule has 3 heterocycles. The van der Waals surface area contributed by atoms with Gasteiger partial charge in [-0.25, -0.2) is 9.97 Å². The average Bonchev–Trinajstić information content (AvgIpc) is 2.83. The van der Waals surface area contributed by atoms with Gasteiger partial charge in [0.05, 0.1) is 17.2 Å². The number of nitrogens with zero attached hydrogens (tertiary/aromatic N) is 4. The van der Waals surface area contributed by atoms with Crippen LogP contribution in [0.1, 0.15) is 15.6 Å². The van der Waals surface area contributed by atoms with Crippen molar-refractivity contribution < 1.29 is 4.92 Å². The van der Waals surface area contributed by atoms with Crippen molar-refractivity contribution in [2.45, 2.75) is 20.4 Å². The van der Waals surface area contributed by atoms with Crippen molar-refractivity contribution in [3.8, 4) is 0 Å². The summed E-state index contributed by atoms with van der Waals surface area (Å²) in [5.74, 6) is -0.0447. The highest BCUT2D eigenvalue weighted by Gasteiger charge is 2.23. The Bertz CT molecular complexity index is 943. The summed E-state index contributed by atoms with van der Waals surface area (Å²) >= 11 is 1.50. The van der Waals surface area contributed by atoms with Crippen LogP contribution in [0.15, 0.2) is 29.2 Å². The zero-order chi connectivity index (χ0) is 16.6. The molecule has 1 N–H and O–H groups in total. The third-order valence-corrected chi connectivity index (χ3v) is 4.45. The van der Waals surface area contributed by atoms with E-state index in [9.17, 15) is 14.9 Å². The molecule has 0 radical (unpaired) electrons. The van der Waals surface area contributed by atoms with E-state index in [2.05, 4.69) is 15.3 Å². The first-order chi connectivity index (χ1) is 11.0. The number of aromatic nitrogens is 3. The summed E-state index contributed by atoms with van der Waals surface area (Å²) in [4.78, 5) is 32.5. The Morgan fingerprint density at radius 2 is 2.13 bits per heavy atom. The van der Waals surface area contributed by atoms with E-state index in [0.29, 0.717) is 5.65 Å². The summed E-state index contributed by atoms with van der Waals surface area (Å²) in [6.07, 6.45) is 1.45. The van der Waals surface area contributed by atoms with Crippen molar-refractivity contribution in [2.75, 3.05) is 5.32 Å². The molecule has 118 valence electrons. The molecule has 0 aliphatic heterocycles. The van der Waals surface area contributed by atoms with Crippen LogP contribution in [0, 0.1) is 24.0 Å². The molecule has 3 aromatic rings. The van der Waals surface area contributed by atoms with E-state index in [1.807, 2.05) is 13.8 Å². The minimum absolute atomic E-state index is 0.0447. The Kier molecular flexibility index (Phi) is 3.78. The fourth-order valence-electron chi connectivity index (χ4n) is 2.14. The number of hydrogen-bond donors (Lipinski definition) is 1. The number of thiazole rings is 1. The van der Waals surface area contributed by atoms with Crippen LogP contribution in [0.25, 0.3) is 5.65 Å². The first kappa shape index (κ1) is 15.1. The van der Waals surface area contributed by atoms with Crippen molar-refractivity contribution in [3.63, 3.8) is 0 Å². The average molecular weight is 331 g/mol. The van der Waals surface area contributed by atoms with Crippen LogP contribution in [-0.4, -0.2) is 19.3 Å². The van der Waals surface area contributed by atoms with Gasteiger partial charge in [0.25, 0.3) is 0 Å². The lowest BCUT2D eigenvalue weighted by Gasteiger charge is -2.06. The van der Waals surface area contributed by atoms with Crippen molar-refractivity contribution in [2.24, 2.45) is 0 Å². The summed E-state index contributed by atoms with van der Waals surface area (Å²) in [6.45, 7) is 4.13. The van der Waals surface area contributed by atoms with Gasteiger partial charge in [0.15, 0.2) is 0 Å². The SMILES string of the molecule is Cc1nc(CNc2nc3ccccn3c(=O)c2[N+](=O)[O-])sc1C. The number of pyridine rings is 1. The van der Waals surface area contributed by atoms with Crippen LogP contribution in [0.4, 0.5) is 11.5 Å². The van der Waals surface area contributed by atoms with Crippen LogP contribution in [0.2, 0.25) is 0 Å². The Labute approximate surface area is 134 Å². The molecule has 3 rings (SSSR count). The van der Waals surface area contributed by atoms with Crippen LogP contribution in [0.3, 0.4) is 0 Å². The summed E-state index contributed by atoms with van der Waals surface area (Å²) < 4.78 is 1.15. The normalized spacial score (nSPS) is 10.9. The molecule has 0 amide bonds. The van der Waals surface area contributed by atoms with E-state index in [-0.39, 0.29) is 12.4 Å². The molecule has 0 bridgehead atoms. The van der Waals surface area contributed by atoms with Gasteiger partial charge in [-0.1, -0.05) is 6.07 Å². The highest BCUT2D eigenvalue weighted by Crippen LogP contribution is 2.21. The molecule has 0 saturated heterocycles. The molecule has 23 heavy (non-hydrogen) atoms. The molecule has 8 nitrogen and oxygen atoms in total. The zero-order valence-corrected chi connectivity index (χ0v) is 13.3. The van der Waals surface area contributed by atoms with Gasteiger partial charge in [0.1, 0.15) is 10.7 Å². The maximum atomic E-state index is 12.3. The summed E-state index contributed by atoms with van der Waals surface area (Å²) in [6, 6.07) is 4.95. The van der Waals surface area contributed by atoms with E-state index >= 15 is 0 Å². The molecular formula is C14H13N5O3S. The zero-order valence-electron chi connectivity index (χ0n) is 12.4. The second kappa shape index (κ2) is 5.76. The lowest BCUT2D eigenvalue weighted by atomic mass is 10.4. The molecule has 0 atom stereocenters. The number of fused-ring (bicyclic) bond motifs is 1. The Balaban J connectivity index is 2.03. The van der Waals surface area contributed by atoms with Crippen LogP contribution >= 0.6 is 11.3 Å². The molecule has 0 aliphatic carbocycles. The molecule has 3 aromatic heterocycles. The van der Waals surface area contributed by atoms with Gasteiger partial charge in [0.2, 0.25) is 5.82 Å². The highest BCUT2D eigenvalue weighted by atomic mass is 32.1. The van der Waals surface area contributed by atoms with E-state index in [0.717, 1.165) is 20.0 Å².